The van der Waals surface area contributed by atoms with Crippen LogP contribution in [-0.4, -0.2) is 37.7 Å². The van der Waals surface area contributed by atoms with E-state index in [-0.39, 0.29) is 19.0 Å². The van der Waals surface area contributed by atoms with Gasteiger partial charge in [0.2, 0.25) is 6.79 Å². The normalized spacial score (nSPS) is 16.2. The number of fused-ring (bicyclic) bond motifs is 2. The molecule has 38 heavy (non-hydrogen) atoms. The van der Waals surface area contributed by atoms with E-state index in [0.29, 0.717) is 55.8 Å². The Morgan fingerprint density at radius 1 is 1.18 bits per heavy atom. The highest BCUT2D eigenvalue weighted by Crippen LogP contribution is 2.38. The molecule has 3 aromatic rings. The third-order valence-corrected chi connectivity index (χ3v) is 7.77. The van der Waals surface area contributed by atoms with Crippen LogP contribution in [0.25, 0.3) is 6.08 Å². The van der Waals surface area contributed by atoms with Gasteiger partial charge in [0.1, 0.15) is 0 Å². The summed E-state index contributed by atoms with van der Waals surface area (Å²) in [6, 6.07) is 8.22. The van der Waals surface area contributed by atoms with Crippen LogP contribution in [0.15, 0.2) is 55.9 Å². The lowest BCUT2D eigenvalue weighted by molar-refractivity contribution is -0.139. The maximum absolute atomic E-state index is 13.9. The van der Waals surface area contributed by atoms with E-state index < -0.39 is 12.0 Å². The fourth-order valence-electron chi connectivity index (χ4n) is 4.42. The molecule has 2 aromatic carbocycles. The molecule has 198 valence electrons. The molecule has 0 radical (unpaired) electrons. The molecule has 0 spiro atoms. The van der Waals surface area contributed by atoms with Crippen molar-refractivity contribution in [3.63, 3.8) is 0 Å². The number of carbonyl (C=O) groups excluding carboxylic acids is 1. The Labute approximate surface area is 230 Å². The largest absolute Gasteiger partial charge is 0.493 e. The number of rotatable bonds is 7. The Bertz CT molecular complexity index is 1640. The third-order valence-electron chi connectivity index (χ3n) is 6.10. The molecule has 0 amide bonds. The molecule has 0 aliphatic carbocycles. The van der Waals surface area contributed by atoms with Gasteiger partial charge in [0.25, 0.3) is 5.56 Å². The molecule has 1 aromatic heterocycles. The molecule has 2 aliphatic heterocycles. The van der Waals surface area contributed by atoms with E-state index in [0.717, 1.165) is 10.0 Å². The quantitative estimate of drug-likeness (QED) is 0.381. The van der Waals surface area contributed by atoms with E-state index in [2.05, 4.69) is 20.9 Å². The molecule has 5 rings (SSSR count). The van der Waals surface area contributed by atoms with Crippen molar-refractivity contribution in [2.75, 3.05) is 27.1 Å². The smallest absolute Gasteiger partial charge is 0.338 e. The maximum Gasteiger partial charge on any atom is 0.338 e. The van der Waals surface area contributed by atoms with Crippen LogP contribution in [0.3, 0.4) is 0 Å². The number of ether oxygens (including phenoxy) is 5. The van der Waals surface area contributed by atoms with Gasteiger partial charge in [0.05, 0.1) is 42.2 Å². The van der Waals surface area contributed by atoms with Gasteiger partial charge in [-0.2, -0.15) is 0 Å². The molecular weight excluding hydrogens is 576 g/mol. The monoisotopic (exact) mass is 600 g/mol. The van der Waals surface area contributed by atoms with Gasteiger partial charge in [-0.3, -0.25) is 9.36 Å². The minimum Gasteiger partial charge on any atom is -0.493 e. The third kappa shape index (κ3) is 4.60. The summed E-state index contributed by atoms with van der Waals surface area (Å²) in [5.41, 5.74) is 1.91. The van der Waals surface area contributed by atoms with Gasteiger partial charge in [0.15, 0.2) is 27.8 Å². The summed E-state index contributed by atoms with van der Waals surface area (Å²) in [6.45, 7) is 6.12. The minimum absolute atomic E-state index is 0.148. The number of halogens is 1. The second-order valence-electron chi connectivity index (χ2n) is 8.37. The van der Waals surface area contributed by atoms with Gasteiger partial charge in [-0.25, -0.2) is 9.79 Å². The molecular formula is C27H25BrN2O7S. The van der Waals surface area contributed by atoms with E-state index in [9.17, 15) is 9.59 Å². The van der Waals surface area contributed by atoms with E-state index in [4.69, 9.17) is 23.7 Å². The van der Waals surface area contributed by atoms with Crippen LogP contribution < -0.4 is 33.8 Å². The van der Waals surface area contributed by atoms with Crippen LogP contribution in [-0.2, 0) is 9.53 Å². The van der Waals surface area contributed by atoms with Crippen molar-refractivity contribution in [2.24, 2.45) is 4.99 Å². The van der Waals surface area contributed by atoms with Crippen molar-refractivity contribution in [3.05, 3.63) is 76.9 Å². The molecule has 0 N–H and O–H groups in total. The predicted molar refractivity (Wildman–Crippen MR) is 145 cm³/mol. The highest BCUT2D eigenvalue weighted by atomic mass is 79.9. The van der Waals surface area contributed by atoms with Crippen LogP contribution in [0.4, 0.5) is 0 Å². The summed E-state index contributed by atoms with van der Waals surface area (Å²) < 4.78 is 30.3. The van der Waals surface area contributed by atoms with Crippen molar-refractivity contribution < 1.29 is 28.5 Å². The number of benzene rings is 2. The van der Waals surface area contributed by atoms with Gasteiger partial charge < -0.3 is 23.7 Å². The number of thiazole rings is 1. The van der Waals surface area contributed by atoms with Crippen molar-refractivity contribution >= 4 is 39.3 Å². The highest BCUT2D eigenvalue weighted by molar-refractivity contribution is 9.10. The zero-order valence-corrected chi connectivity index (χ0v) is 23.6. The fraction of sp³-hybridized carbons (Fsp3) is 0.296. The van der Waals surface area contributed by atoms with Gasteiger partial charge >= 0.3 is 5.97 Å². The zero-order chi connectivity index (χ0) is 27.0. The van der Waals surface area contributed by atoms with Gasteiger partial charge in [-0.1, -0.05) is 33.3 Å². The van der Waals surface area contributed by atoms with Gasteiger partial charge in [-0.05, 0) is 62.2 Å². The molecule has 0 bridgehead atoms. The number of methoxy groups -OCH3 is 1. The van der Waals surface area contributed by atoms with Crippen molar-refractivity contribution in [2.45, 2.75) is 26.8 Å². The first-order valence-corrected chi connectivity index (χ1v) is 13.6. The summed E-state index contributed by atoms with van der Waals surface area (Å²) in [5.74, 6) is 1.77. The van der Waals surface area contributed by atoms with E-state index in [1.165, 1.54) is 15.9 Å². The Kier molecular flexibility index (Phi) is 7.31. The van der Waals surface area contributed by atoms with Crippen molar-refractivity contribution in [3.8, 4) is 23.0 Å². The van der Waals surface area contributed by atoms with Crippen LogP contribution in [0.5, 0.6) is 23.0 Å². The summed E-state index contributed by atoms with van der Waals surface area (Å²) in [7, 11) is 1.56. The summed E-state index contributed by atoms with van der Waals surface area (Å²) in [4.78, 5) is 32.1. The molecule has 9 nitrogen and oxygen atoms in total. The molecule has 2 aliphatic rings. The average Bonchev–Trinajstić information content (AvgIpc) is 3.47. The summed E-state index contributed by atoms with van der Waals surface area (Å²) in [6.07, 6.45) is 1.77. The first kappa shape index (κ1) is 26.1. The first-order chi connectivity index (χ1) is 18.4. The molecule has 0 saturated carbocycles. The van der Waals surface area contributed by atoms with Gasteiger partial charge in [0, 0.05) is 4.47 Å². The summed E-state index contributed by atoms with van der Waals surface area (Å²) in [5, 5.41) is 0. The number of nitrogens with zero attached hydrogens (tertiary/aromatic N) is 2. The van der Waals surface area contributed by atoms with E-state index in [1.54, 1.807) is 39.2 Å². The molecule has 11 heteroatoms. The van der Waals surface area contributed by atoms with E-state index >= 15 is 0 Å². The van der Waals surface area contributed by atoms with Crippen LogP contribution in [0.1, 0.15) is 37.9 Å². The maximum atomic E-state index is 13.9. The van der Waals surface area contributed by atoms with Crippen LogP contribution in [0, 0.1) is 0 Å². The number of esters is 1. The second kappa shape index (κ2) is 10.7. The second-order valence-corrected chi connectivity index (χ2v) is 10.2. The predicted octanol–water partition coefficient (Wildman–Crippen LogP) is 3.70. The molecule has 0 unspecified atom stereocenters. The Morgan fingerprint density at radius 2 is 1.95 bits per heavy atom. The zero-order valence-electron chi connectivity index (χ0n) is 21.2. The van der Waals surface area contributed by atoms with Crippen LogP contribution >= 0.6 is 27.3 Å². The lowest BCUT2D eigenvalue weighted by Crippen LogP contribution is -2.40. The lowest BCUT2D eigenvalue weighted by Gasteiger charge is -2.25. The number of hydrogen-bond acceptors (Lipinski definition) is 9. The number of hydrogen-bond donors (Lipinski definition) is 0. The number of aromatic nitrogens is 1. The lowest BCUT2D eigenvalue weighted by atomic mass is 9.95. The highest BCUT2D eigenvalue weighted by Gasteiger charge is 2.34. The molecule has 0 fully saturated rings. The van der Waals surface area contributed by atoms with Crippen LogP contribution in [0.2, 0.25) is 0 Å². The summed E-state index contributed by atoms with van der Waals surface area (Å²) >= 11 is 4.80. The number of allylic oxidation sites excluding steroid dienone is 1. The first-order valence-electron chi connectivity index (χ1n) is 12.0. The SMILES string of the molecule is CCOC(=O)C1=C(C)N=c2s/c(=C\c3cc4c(cc3Br)OCO4)c(=O)n2[C@@H]1c1ccc(OC)c(OCC)c1. The molecule has 1 atom stereocenters. The molecule has 3 heterocycles. The number of carbonyl (C=O) groups is 1. The van der Waals surface area contributed by atoms with Crippen molar-refractivity contribution in [1.82, 2.24) is 4.57 Å². The Hall–Kier alpha value is -3.57. The standard InChI is InChI=1S/C27H25BrN2O7S/c1-5-34-19-9-15(7-8-18(19)33-4)24-23(26(32)35-6-2)14(3)29-27-30(24)25(31)22(38-27)11-16-10-20-21(12-17(16)28)37-13-36-20/h7-12,24H,5-6,13H2,1-4H3/b22-11-/t24-/m1/s1. The van der Waals surface area contributed by atoms with Gasteiger partial charge in [-0.15, -0.1) is 0 Å². The van der Waals surface area contributed by atoms with Crippen molar-refractivity contribution in [1.29, 1.82) is 0 Å². The average molecular weight is 601 g/mol. The Balaban J connectivity index is 1.72. The molecule has 0 saturated heterocycles. The Morgan fingerprint density at radius 3 is 2.66 bits per heavy atom. The van der Waals surface area contributed by atoms with E-state index in [1.807, 2.05) is 25.1 Å². The topological polar surface area (TPSA) is 97.6 Å². The minimum atomic E-state index is -0.766. The fourth-order valence-corrected chi connectivity index (χ4v) is 5.90.